The van der Waals surface area contributed by atoms with Crippen molar-refractivity contribution in [1.29, 1.82) is 0 Å². The zero-order chi connectivity index (χ0) is 23.3. The van der Waals surface area contributed by atoms with Crippen LogP contribution in [-0.4, -0.2) is 68.7 Å². The van der Waals surface area contributed by atoms with Crippen molar-refractivity contribution in [3.63, 3.8) is 0 Å². The molecule has 1 fully saturated rings. The zero-order valence-electron chi connectivity index (χ0n) is 18.4. The largest absolute Gasteiger partial charge is 0.337 e. The van der Waals surface area contributed by atoms with Crippen LogP contribution in [-0.2, 0) is 21.4 Å². The summed E-state index contributed by atoms with van der Waals surface area (Å²) in [5, 5.41) is 0.459. The molecule has 0 aromatic heterocycles. The van der Waals surface area contributed by atoms with E-state index in [4.69, 9.17) is 23.2 Å². The lowest BCUT2D eigenvalue weighted by Crippen LogP contribution is -2.45. The number of likely N-dealkylation sites (N-methyl/N-ethyl adjacent to an activating group) is 1. The fourth-order valence-corrected chi connectivity index (χ4v) is 6.01. The third kappa shape index (κ3) is 6.23. The molecule has 1 amide bonds. The van der Waals surface area contributed by atoms with Crippen LogP contribution in [0.25, 0.3) is 0 Å². The number of benzene rings is 2. The predicted octanol–water partition coefficient (Wildman–Crippen LogP) is 3.98. The minimum absolute atomic E-state index is 0.00753. The second-order valence-electron chi connectivity index (χ2n) is 8.30. The highest BCUT2D eigenvalue weighted by Gasteiger charge is 2.34. The number of carbonyl (C=O) groups excluding carboxylic acids is 1. The first-order valence-corrected chi connectivity index (χ1v) is 12.8. The Kier molecular flexibility index (Phi) is 8.58. The smallest absolute Gasteiger partial charge is 0.244 e. The second kappa shape index (κ2) is 11.0. The Bertz CT molecular complexity index is 1020. The maximum atomic E-state index is 13.3. The van der Waals surface area contributed by atoms with Gasteiger partial charge in [-0.1, -0.05) is 53.5 Å². The van der Waals surface area contributed by atoms with Gasteiger partial charge in [-0.2, -0.15) is 4.31 Å². The van der Waals surface area contributed by atoms with Gasteiger partial charge in [0.25, 0.3) is 0 Å². The summed E-state index contributed by atoms with van der Waals surface area (Å²) in [5.74, 6) is -0.129. The van der Waals surface area contributed by atoms with Gasteiger partial charge in [-0.05, 0) is 50.7 Å². The van der Waals surface area contributed by atoms with Gasteiger partial charge in [0.15, 0.2) is 0 Å². The number of nitrogens with zero attached hydrogens (tertiary/aromatic N) is 3. The second-order valence-corrected chi connectivity index (χ2v) is 11.1. The molecule has 0 aliphatic carbocycles. The van der Waals surface area contributed by atoms with Crippen molar-refractivity contribution in [2.75, 3.05) is 40.3 Å². The normalized spacial score (nSPS) is 15.8. The van der Waals surface area contributed by atoms with E-state index in [1.807, 2.05) is 49.3 Å². The van der Waals surface area contributed by atoms with Crippen LogP contribution in [0.5, 0.6) is 0 Å². The molecule has 2 aromatic carbocycles. The Morgan fingerprint density at radius 2 is 1.69 bits per heavy atom. The number of piperidine rings is 1. The summed E-state index contributed by atoms with van der Waals surface area (Å²) in [5.41, 5.74) is 1.08. The molecule has 0 atom stereocenters. The summed E-state index contributed by atoms with van der Waals surface area (Å²) in [4.78, 5) is 17.3. The quantitative estimate of drug-likeness (QED) is 0.553. The van der Waals surface area contributed by atoms with Gasteiger partial charge in [-0.3, -0.25) is 4.79 Å². The Labute approximate surface area is 200 Å². The Morgan fingerprint density at radius 3 is 2.31 bits per heavy atom. The molecule has 1 aliphatic rings. The first kappa shape index (κ1) is 25.0. The van der Waals surface area contributed by atoms with Gasteiger partial charge >= 0.3 is 0 Å². The number of hydrogen-bond donors (Lipinski definition) is 0. The number of halogens is 2. The van der Waals surface area contributed by atoms with Gasteiger partial charge in [-0.15, -0.1) is 0 Å². The van der Waals surface area contributed by atoms with Gasteiger partial charge in [0.05, 0.1) is 5.02 Å². The molecule has 6 nitrogen and oxygen atoms in total. The predicted molar refractivity (Wildman–Crippen MR) is 128 cm³/mol. The van der Waals surface area contributed by atoms with Gasteiger partial charge in [0.1, 0.15) is 4.90 Å². The number of hydrogen-bond acceptors (Lipinski definition) is 4. The van der Waals surface area contributed by atoms with E-state index in [2.05, 4.69) is 4.90 Å². The number of rotatable bonds is 8. The minimum atomic E-state index is -3.77. The lowest BCUT2D eigenvalue weighted by atomic mass is 9.96. The van der Waals surface area contributed by atoms with E-state index in [0.717, 1.165) is 12.1 Å². The molecule has 32 heavy (non-hydrogen) atoms. The third-order valence-electron chi connectivity index (χ3n) is 5.66. The van der Waals surface area contributed by atoms with Crippen LogP contribution in [0.2, 0.25) is 10.0 Å². The van der Waals surface area contributed by atoms with Crippen molar-refractivity contribution in [2.45, 2.75) is 24.3 Å². The molecule has 1 aliphatic heterocycles. The van der Waals surface area contributed by atoms with E-state index >= 15 is 0 Å². The summed E-state index contributed by atoms with van der Waals surface area (Å²) < 4.78 is 27.5. The van der Waals surface area contributed by atoms with E-state index in [-0.39, 0.29) is 34.8 Å². The molecule has 0 radical (unpaired) electrons. The SMILES string of the molecule is CN(C)CCN(Cc1ccccc1)C(=O)C1CCN(S(=O)(=O)c2cc(Cl)ccc2Cl)CC1. The van der Waals surface area contributed by atoms with Crippen molar-refractivity contribution >= 4 is 39.1 Å². The molecule has 0 bridgehead atoms. The maximum Gasteiger partial charge on any atom is 0.244 e. The van der Waals surface area contributed by atoms with Crippen molar-refractivity contribution in [1.82, 2.24) is 14.1 Å². The summed E-state index contributed by atoms with van der Waals surface area (Å²) in [7, 11) is 0.194. The molecule has 3 rings (SSSR count). The monoisotopic (exact) mass is 497 g/mol. The van der Waals surface area contributed by atoms with Gasteiger partial charge in [0.2, 0.25) is 15.9 Å². The molecular weight excluding hydrogens is 469 g/mol. The van der Waals surface area contributed by atoms with Crippen LogP contribution in [0.4, 0.5) is 0 Å². The average molecular weight is 498 g/mol. The zero-order valence-corrected chi connectivity index (χ0v) is 20.7. The molecule has 1 heterocycles. The molecule has 0 unspecified atom stereocenters. The Hall–Kier alpha value is -1.64. The number of carbonyl (C=O) groups is 1. The third-order valence-corrected chi connectivity index (χ3v) is 8.27. The van der Waals surface area contributed by atoms with E-state index < -0.39 is 10.0 Å². The topological polar surface area (TPSA) is 60.9 Å². The molecule has 1 saturated heterocycles. The van der Waals surface area contributed by atoms with Crippen LogP contribution in [0.1, 0.15) is 18.4 Å². The fourth-order valence-electron chi connectivity index (χ4n) is 3.81. The minimum Gasteiger partial charge on any atom is -0.337 e. The standard InChI is InChI=1S/C23H29Cl2N3O3S/c1-26(2)14-15-27(17-18-6-4-3-5-7-18)23(29)19-10-12-28(13-11-19)32(30,31)22-16-20(24)8-9-21(22)25/h3-9,16,19H,10-15,17H2,1-2H3. The molecule has 2 aromatic rings. The lowest BCUT2D eigenvalue weighted by Gasteiger charge is -2.34. The summed E-state index contributed by atoms with van der Waals surface area (Å²) in [6.45, 7) is 2.48. The summed E-state index contributed by atoms with van der Waals surface area (Å²) in [6, 6.07) is 14.3. The molecule has 0 N–H and O–H groups in total. The lowest BCUT2D eigenvalue weighted by molar-refractivity contribution is -0.137. The molecule has 0 spiro atoms. The van der Waals surface area contributed by atoms with Crippen LogP contribution >= 0.6 is 23.2 Å². The fraction of sp³-hybridized carbons (Fsp3) is 0.435. The van der Waals surface area contributed by atoms with Crippen LogP contribution < -0.4 is 0 Å². The van der Waals surface area contributed by atoms with Gasteiger partial charge in [0, 0.05) is 43.7 Å². The van der Waals surface area contributed by atoms with Crippen LogP contribution in [0.3, 0.4) is 0 Å². The Morgan fingerprint density at radius 1 is 1.03 bits per heavy atom. The highest BCUT2D eigenvalue weighted by molar-refractivity contribution is 7.89. The van der Waals surface area contributed by atoms with Crippen molar-refractivity contribution in [2.24, 2.45) is 5.92 Å². The van der Waals surface area contributed by atoms with Gasteiger partial charge < -0.3 is 9.80 Å². The van der Waals surface area contributed by atoms with Crippen LogP contribution in [0, 0.1) is 5.92 Å². The Balaban J connectivity index is 1.68. The first-order valence-electron chi connectivity index (χ1n) is 10.6. The molecule has 9 heteroatoms. The van der Waals surface area contributed by atoms with E-state index in [1.54, 1.807) is 6.07 Å². The van der Waals surface area contributed by atoms with Crippen molar-refractivity contribution < 1.29 is 13.2 Å². The van der Waals surface area contributed by atoms with E-state index in [9.17, 15) is 13.2 Å². The van der Waals surface area contributed by atoms with Crippen molar-refractivity contribution in [3.8, 4) is 0 Å². The number of sulfonamides is 1. The van der Waals surface area contributed by atoms with Crippen LogP contribution in [0.15, 0.2) is 53.4 Å². The summed E-state index contributed by atoms with van der Waals surface area (Å²) >= 11 is 12.1. The summed E-state index contributed by atoms with van der Waals surface area (Å²) in [6.07, 6.45) is 0.951. The average Bonchev–Trinajstić information content (AvgIpc) is 2.78. The highest BCUT2D eigenvalue weighted by Crippen LogP contribution is 2.31. The van der Waals surface area contributed by atoms with E-state index in [1.165, 1.54) is 16.4 Å². The van der Waals surface area contributed by atoms with E-state index in [0.29, 0.717) is 31.0 Å². The molecular formula is C23H29Cl2N3O3S. The highest BCUT2D eigenvalue weighted by atomic mass is 35.5. The first-order chi connectivity index (χ1) is 15.2. The van der Waals surface area contributed by atoms with Crippen molar-refractivity contribution in [3.05, 3.63) is 64.1 Å². The van der Waals surface area contributed by atoms with Gasteiger partial charge in [-0.25, -0.2) is 8.42 Å². The maximum absolute atomic E-state index is 13.3. The molecule has 174 valence electrons. The number of amides is 1. The molecule has 0 saturated carbocycles.